The van der Waals surface area contributed by atoms with E-state index in [2.05, 4.69) is 0 Å². The number of hydrogen-bond acceptors (Lipinski definition) is 1. The zero-order valence-corrected chi connectivity index (χ0v) is 8.55. The van der Waals surface area contributed by atoms with Crippen molar-refractivity contribution in [2.24, 2.45) is 5.73 Å². The summed E-state index contributed by atoms with van der Waals surface area (Å²) in [5.41, 5.74) is 6.10. The van der Waals surface area contributed by atoms with Crippen molar-refractivity contribution in [3.05, 3.63) is 35.4 Å². The van der Waals surface area contributed by atoms with Crippen molar-refractivity contribution in [1.29, 1.82) is 0 Å². The van der Waals surface area contributed by atoms with Gasteiger partial charge in [-0.05, 0) is 25.0 Å². The van der Waals surface area contributed by atoms with E-state index in [-0.39, 0.29) is 17.5 Å². The van der Waals surface area contributed by atoms with Crippen molar-refractivity contribution in [3.63, 3.8) is 0 Å². The van der Waals surface area contributed by atoms with Gasteiger partial charge in [-0.25, -0.2) is 8.78 Å². The fourth-order valence-corrected chi connectivity index (χ4v) is 2.38. The van der Waals surface area contributed by atoms with E-state index in [9.17, 15) is 8.78 Å². The number of benzene rings is 1. The summed E-state index contributed by atoms with van der Waals surface area (Å²) in [5.74, 6) is -1.07. The van der Waals surface area contributed by atoms with E-state index in [0.29, 0.717) is 0 Å². The van der Waals surface area contributed by atoms with Gasteiger partial charge in [0.05, 0.1) is 0 Å². The van der Waals surface area contributed by atoms with Gasteiger partial charge in [0.2, 0.25) is 0 Å². The average molecular weight is 211 g/mol. The second kappa shape index (κ2) is 4.27. The molecule has 2 unspecified atom stereocenters. The molecule has 82 valence electrons. The van der Waals surface area contributed by atoms with Crippen LogP contribution in [0.3, 0.4) is 0 Å². The fourth-order valence-electron chi connectivity index (χ4n) is 2.38. The Kier molecular flexibility index (Phi) is 3.00. The maximum atomic E-state index is 13.5. The molecular weight excluding hydrogens is 196 g/mol. The molecule has 1 aromatic rings. The van der Waals surface area contributed by atoms with Crippen LogP contribution in [0.1, 0.15) is 37.2 Å². The predicted molar refractivity (Wildman–Crippen MR) is 55.5 cm³/mol. The van der Waals surface area contributed by atoms with Crippen LogP contribution in [0.4, 0.5) is 8.78 Å². The highest BCUT2D eigenvalue weighted by molar-refractivity contribution is 5.25. The van der Waals surface area contributed by atoms with Gasteiger partial charge in [-0.15, -0.1) is 0 Å². The Bertz CT molecular complexity index is 331. The molecule has 1 saturated carbocycles. The predicted octanol–water partition coefficient (Wildman–Crippen LogP) is 2.95. The van der Waals surface area contributed by atoms with E-state index in [0.717, 1.165) is 25.7 Å². The quantitative estimate of drug-likeness (QED) is 0.759. The highest BCUT2D eigenvalue weighted by atomic mass is 19.1. The van der Waals surface area contributed by atoms with Crippen molar-refractivity contribution >= 4 is 0 Å². The summed E-state index contributed by atoms with van der Waals surface area (Å²) in [6, 6.07) is 3.90. The van der Waals surface area contributed by atoms with Crippen LogP contribution >= 0.6 is 0 Å². The highest BCUT2D eigenvalue weighted by Gasteiger charge is 2.27. The van der Waals surface area contributed by atoms with E-state index in [1.165, 1.54) is 18.2 Å². The summed E-state index contributed by atoms with van der Waals surface area (Å²) >= 11 is 0. The third-order valence-corrected chi connectivity index (χ3v) is 3.19. The van der Waals surface area contributed by atoms with Gasteiger partial charge in [0.15, 0.2) is 0 Å². The molecular formula is C12H15F2N. The zero-order chi connectivity index (χ0) is 10.8. The Labute approximate surface area is 88.3 Å². The lowest BCUT2D eigenvalue weighted by molar-refractivity contribution is 0.364. The Morgan fingerprint density at radius 2 is 1.67 bits per heavy atom. The van der Waals surface area contributed by atoms with Crippen LogP contribution in [0.2, 0.25) is 0 Å². The third-order valence-electron chi connectivity index (χ3n) is 3.19. The molecule has 2 atom stereocenters. The molecule has 2 N–H and O–H groups in total. The van der Waals surface area contributed by atoms with E-state index in [1.807, 2.05) is 0 Å². The van der Waals surface area contributed by atoms with Gasteiger partial charge < -0.3 is 5.73 Å². The third kappa shape index (κ3) is 2.02. The normalized spacial score (nSPS) is 26.6. The highest BCUT2D eigenvalue weighted by Crippen LogP contribution is 2.34. The molecule has 0 radical (unpaired) electrons. The molecule has 0 aliphatic heterocycles. The SMILES string of the molecule is NC1CCCCC1c1c(F)cccc1F. The molecule has 15 heavy (non-hydrogen) atoms. The maximum absolute atomic E-state index is 13.5. The largest absolute Gasteiger partial charge is 0.327 e. The fraction of sp³-hybridized carbons (Fsp3) is 0.500. The van der Waals surface area contributed by atoms with Crippen molar-refractivity contribution < 1.29 is 8.78 Å². The van der Waals surface area contributed by atoms with Gasteiger partial charge in [-0.3, -0.25) is 0 Å². The number of halogens is 2. The average Bonchev–Trinajstić information content (AvgIpc) is 2.20. The van der Waals surface area contributed by atoms with Gasteiger partial charge in [-0.1, -0.05) is 18.9 Å². The minimum Gasteiger partial charge on any atom is -0.327 e. The summed E-state index contributed by atoms with van der Waals surface area (Å²) in [6.45, 7) is 0. The smallest absolute Gasteiger partial charge is 0.129 e. The van der Waals surface area contributed by atoms with E-state index in [1.54, 1.807) is 0 Å². The second-order valence-corrected chi connectivity index (χ2v) is 4.19. The van der Waals surface area contributed by atoms with Crippen molar-refractivity contribution in [3.8, 4) is 0 Å². The second-order valence-electron chi connectivity index (χ2n) is 4.19. The molecule has 1 aromatic carbocycles. The zero-order valence-electron chi connectivity index (χ0n) is 8.55. The topological polar surface area (TPSA) is 26.0 Å². The Hall–Kier alpha value is -0.960. The molecule has 1 aliphatic rings. The van der Waals surface area contributed by atoms with Crippen LogP contribution in [-0.2, 0) is 0 Å². The number of rotatable bonds is 1. The standard InChI is InChI=1S/C12H15F2N/c13-9-5-3-6-10(14)12(9)8-4-1-2-7-11(8)15/h3,5-6,8,11H,1-2,4,7,15H2. The first kappa shape index (κ1) is 10.6. The molecule has 0 bridgehead atoms. The van der Waals surface area contributed by atoms with Crippen molar-refractivity contribution in [1.82, 2.24) is 0 Å². The van der Waals surface area contributed by atoms with Gasteiger partial charge in [0.1, 0.15) is 11.6 Å². The summed E-state index contributed by atoms with van der Waals surface area (Å²) in [4.78, 5) is 0. The number of nitrogens with two attached hydrogens (primary N) is 1. The van der Waals surface area contributed by atoms with Crippen molar-refractivity contribution in [2.45, 2.75) is 37.6 Å². The van der Waals surface area contributed by atoms with Crippen LogP contribution in [0.5, 0.6) is 0 Å². The molecule has 0 amide bonds. The molecule has 1 fully saturated rings. The molecule has 3 heteroatoms. The monoisotopic (exact) mass is 211 g/mol. The van der Waals surface area contributed by atoms with Gasteiger partial charge in [0, 0.05) is 17.5 Å². The molecule has 1 nitrogen and oxygen atoms in total. The molecule has 0 saturated heterocycles. The first-order chi connectivity index (χ1) is 7.20. The van der Waals surface area contributed by atoms with Gasteiger partial charge in [-0.2, -0.15) is 0 Å². The van der Waals surface area contributed by atoms with Crippen LogP contribution < -0.4 is 5.73 Å². The summed E-state index contributed by atoms with van der Waals surface area (Å²) in [7, 11) is 0. The molecule has 0 spiro atoms. The van der Waals surface area contributed by atoms with Gasteiger partial charge >= 0.3 is 0 Å². The Balaban J connectivity index is 2.35. The van der Waals surface area contributed by atoms with Crippen LogP contribution in [0.15, 0.2) is 18.2 Å². The van der Waals surface area contributed by atoms with Crippen molar-refractivity contribution in [2.75, 3.05) is 0 Å². The summed E-state index contributed by atoms with van der Waals surface area (Å²) < 4.78 is 27.0. The first-order valence-electron chi connectivity index (χ1n) is 5.39. The molecule has 1 aliphatic carbocycles. The lowest BCUT2D eigenvalue weighted by atomic mass is 9.80. The van der Waals surface area contributed by atoms with Gasteiger partial charge in [0.25, 0.3) is 0 Å². The summed E-state index contributed by atoms with van der Waals surface area (Å²) in [6.07, 6.45) is 3.72. The Morgan fingerprint density at radius 1 is 1.07 bits per heavy atom. The van der Waals surface area contributed by atoms with Crippen LogP contribution in [0.25, 0.3) is 0 Å². The number of hydrogen-bond donors (Lipinski definition) is 1. The lowest BCUT2D eigenvalue weighted by Gasteiger charge is -2.29. The molecule has 2 rings (SSSR count). The maximum Gasteiger partial charge on any atom is 0.129 e. The van der Waals surface area contributed by atoms with Crippen LogP contribution in [-0.4, -0.2) is 6.04 Å². The van der Waals surface area contributed by atoms with E-state index >= 15 is 0 Å². The summed E-state index contributed by atoms with van der Waals surface area (Å²) in [5, 5.41) is 0. The molecule has 0 heterocycles. The van der Waals surface area contributed by atoms with E-state index in [4.69, 9.17) is 5.73 Å². The molecule has 0 aromatic heterocycles. The Morgan fingerprint density at radius 3 is 2.27 bits per heavy atom. The minimum atomic E-state index is -0.461. The lowest BCUT2D eigenvalue weighted by Crippen LogP contribution is -2.32. The first-order valence-corrected chi connectivity index (χ1v) is 5.39. The minimum absolute atomic E-state index is 0.106. The van der Waals surface area contributed by atoms with Crippen LogP contribution in [0, 0.1) is 11.6 Å². The van der Waals surface area contributed by atoms with E-state index < -0.39 is 11.6 Å².